The van der Waals surface area contributed by atoms with E-state index in [1.807, 2.05) is 13.8 Å². The average Bonchev–Trinajstić information content (AvgIpc) is 2.77. The first-order valence-corrected chi connectivity index (χ1v) is 10.6. The highest BCUT2D eigenvalue weighted by atomic mass is 32.2. The molecule has 1 aliphatic heterocycles. The highest BCUT2D eigenvalue weighted by Gasteiger charge is 2.34. The van der Waals surface area contributed by atoms with Crippen LogP contribution in [0.1, 0.15) is 33.1 Å². The van der Waals surface area contributed by atoms with Crippen molar-refractivity contribution >= 4 is 15.9 Å². The molecule has 0 spiro atoms. The third-order valence-corrected chi connectivity index (χ3v) is 6.52. The lowest BCUT2D eigenvalue weighted by molar-refractivity contribution is -0.124. The molecule has 1 aromatic carbocycles. The van der Waals surface area contributed by atoms with E-state index in [0.717, 1.165) is 10.4 Å². The van der Waals surface area contributed by atoms with Crippen LogP contribution in [-0.2, 0) is 14.8 Å². The van der Waals surface area contributed by atoms with E-state index >= 15 is 0 Å². The van der Waals surface area contributed by atoms with Gasteiger partial charge in [0.15, 0.2) is 0 Å². The number of rotatable bonds is 6. The Hall–Kier alpha value is -1.55. The number of nitrogens with zero attached hydrogens (tertiary/aromatic N) is 1. The molecular formula is C18H28FN3O4S. The van der Waals surface area contributed by atoms with E-state index in [1.54, 1.807) is 0 Å². The third-order valence-electron chi connectivity index (χ3n) is 4.62. The van der Waals surface area contributed by atoms with Crippen molar-refractivity contribution in [2.45, 2.75) is 56.2 Å². The second-order valence-corrected chi connectivity index (χ2v) is 9.26. The van der Waals surface area contributed by atoms with E-state index in [-0.39, 0.29) is 24.9 Å². The van der Waals surface area contributed by atoms with Gasteiger partial charge in [0, 0.05) is 13.1 Å². The van der Waals surface area contributed by atoms with Gasteiger partial charge in [-0.25, -0.2) is 12.8 Å². The lowest BCUT2D eigenvalue weighted by Gasteiger charge is -2.26. The van der Waals surface area contributed by atoms with Gasteiger partial charge in [-0.05, 0) is 37.3 Å². The van der Waals surface area contributed by atoms with Crippen molar-refractivity contribution in [3.05, 3.63) is 30.1 Å². The number of aliphatic hydroxyl groups excluding tert-OH is 1. The normalized spacial score (nSPS) is 23.0. The van der Waals surface area contributed by atoms with Crippen molar-refractivity contribution in [2.75, 3.05) is 13.1 Å². The molecule has 7 nitrogen and oxygen atoms in total. The predicted octanol–water partition coefficient (Wildman–Crippen LogP) is 0.829. The quantitative estimate of drug-likeness (QED) is 0.654. The maximum atomic E-state index is 13.9. The molecule has 1 heterocycles. The van der Waals surface area contributed by atoms with Gasteiger partial charge in [0.1, 0.15) is 10.7 Å². The second kappa shape index (κ2) is 9.09. The Labute approximate surface area is 159 Å². The van der Waals surface area contributed by atoms with Crippen LogP contribution in [0.25, 0.3) is 0 Å². The lowest BCUT2D eigenvalue weighted by atomic mass is 10.0. The van der Waals surface area contributed by atoms with Crippen LogP contribution >= 0.6 is 0 Å². The van der Waals surface area contributed by atoms with Crippen molar-refractivity contribution in [3.8, 4) is 0 Å². The number of nitrogens with two attached hydrogens (primary N) is 1. The van der Waals surface area contributed by atoms with Gasteiger partial charge in [-0.2, -0.15) is 4.31 Å². The van der Waals surface area contributed by atoms with Crippen LogP contribution in [0.3, 0.4) is 0 Å². The molecule has 0 bridgehead atoms. The summed E-state index contributed by atoms with van der Waals surface area (Å²) in [6.45, 7) is 3.83. The van der Waals surface area contributed by atoms with Gasteiger partial charge < -0.3 is 16.2 Å². The Morgan fingerprint density at radius 2 is 2.07 bits per heavy atom. The number of aliphatic hydroxyl groups is 1. The summed E-state index contributed by atoms with van der Waals surface area (Å²) in [5, 5.41) is 13.2. The minimum atomic E-state index is -4.07. The molecule has 2 rings (SSSR count). The molecule has 4 N–H and O–H groups in total. The fourth-order valence-corrected chi connectivity index (χ4v) is 4.75. The minimum Gasteiger partial charge on any atom is -0.390 e. The highest BCUT2D eigenvalue weighted by molar-refractivity contribution is 7.89. The molecule has 0 radical (unpaired) electrons. The Bertz CT molecular complexity index is 757. The van der Waals surface area contributed by atoms with E-state index in [1.165, 1.54) is 18.2 Å². The molecule has 1 fully saturated rings. The van der Waals surface area contributed by atoms with Gasteiger partial charge in [0.2, 0.25) is 15.9 Å². The van der Waals surface area contributed by atoms with Crippen molar-refractivity contribution < 1.29 is 22.7 Å². The topological polar surface area (TPSA) is 113 Å². The summed E-state index contributed by atoms with van der Waals surface area (Å²) in [6, 6.07) is 3.86. The molecule has 0 aliphatic carbocycles. The molecule has 3 atom stereocenters. The monoisotopic (exact) mass is 401 g/mol. The number of benzene rings is 1. The van der Waals surface area contributed by atoms with Gasteiger partial charge in [-0.1, -0.05) is 26.0 Å². The average molecular weight is 402 g/mol. The maximum absolute atomic E-state index is 13.9. The molecule has 9 heteroatoms. The van der Waals surface area contributed by atoms with Gasteiger partial charge in [0.05, 0.1) is 18.2 Å². The number of hydrogen-bond acceptors (Lipinski definition) is 5. The van der Waals surface area contributed by atoms with Gasteiger partial charge >= 0.3 is 0 Å². The summed E-state index contributed by atoms with van der Waals surface area (Å²) < 4.78 is 40.5. The zero-order valence-electron chi connectivity index (χ0n) is 15.6. The van der Waals surface area contributed by atoms with Crippen LogP contribution in [0.15, 0.2) is 29.2 Å². The minimum absolute atomic E-state index is 0.137. The third kappa shape index (κ3) is 5.47. The van der Waals surface area contributed by atoms with Gasteiger partial charge in [-0.3, -0.25) is 4.79 Å². The molecular weight excluding hydrogens is 373 g/mol. The van der Waals surface area contributed by atoms with E-state index in [9.17, 15) is 22.7 Å². The summed E-state index contributed by atoms with van der Waals surface area (Å²) in [5.74, 6) is -0.940. The Balaban J connectivity index is 2.08. The SMILES string of the molecule is CC(C)CC(N)C(=O)NC1CCCN(S(=O)(=O)c2ccccc2F)C[C@@H]1O. The molecule has 1 saturated heterocycles. The van der Waals surface area contributed by atoms with Crippen LogP contribution in [0, 0.1) is 11.7 Å². The summed E-state index contributed by atoms with van der Waals surface area (Å²) in [5.41, 5.74) is 5.87. The number of amides is 1. The molecule has 0 aromatic heterocycles. The van der Waals surface area contributed by atoms with E-state index in [0.29, 0.717) is 19.3 Å². The highest BCUT2D eigenvalue weighted by Crippen LogP contribution is 2.23. The zero-order chi connectivity index (χ0) is 20.2. The van der Waals surface area contributed by atoms with Gasteiger partial charge in [-0.15, -0.1) is 0 Å². The number of halogens is 1. The first kappa shape index (κ1) is 21.7. The van der Waals surface area contributed by atoms with Crippen LogP contribution < -0.4 is 11.1 Å². The number of nitrogens with one attached hydrogen (secondary N) is 1. The maximum Gasteiger partial charge on any atom is 0.246 e. The second-order valence-electron chi connectivity index (χ2n) is 7.35. The van der Waals surface area contributed by atoms with E-state index in [4.69, 9.17) is 5.73 Å². The number of sulfonamides is 1. The van der Waals surface area contributed by atoms with Crippen molar-refractivity contribution in [1.29, 1.82) is 0 Å². The van der Waals surface area contributed by atoms with Crippen LogP contribution in [0.5, 0.6) is 0 Å². The van der Waals surface area contributed by atoms with Crippen molar-refractivity contribution in [1.82, 2.24) is 9.62 Å². The fraction of sp³-hybridized carbons (Fsp3) is 0.611. The van der Waals surface area contributed by atoms with E-state index < -0.39 is 38.9 Å². The molecule has 0 saturated carbocycles. The van der Waals surface area contributed by atoms with Gasteiger partial charge in [0.25, 0.3) is 0 Å². The summed E-state index contributed by atoms with van der Waals surface area (Å²) >= 11 is 0. The Morgan fingerprint density at radius 3 is 2.70 bits per heavy atom. The number of β-amino-alcohol motifs (C(OH)–C–C–N with tert-alkyl or cyclic N) is 1. The standard InChI is InChI=1S/C18H28FN3O4S/c1-12(2)10-14(20)18(24)21-15-7-5-9-22(11-16(15)23)27(25,26)17-8-4-3-6-13(17)19/h3-4,6,8,12,14-16,23H,5,7,9-11,20H2,1-2H3,(H,21,24)/t14?,15?,16-/m0/s1. The molecule has 27 heavy (non-hydrogen) atoms. The van der Waals surface area contributed by atoms with Crippen LogP contribution in [-0.4, -0.2) is 55.0 Å². The smallest absolute Gasteiger partial charge is 0.246 e. The number of carbonyl (C=O) groups excluding carboxylic acids is 1. The molecule has 1 amide bonds. The number of hydrogen-bond donors (Lipinski definition) is 3. The summed E-state index contributed by atoms with van der Waals surface area (Å²) in [6.07, 6.45) is 0.242. The largest absolute Gasteiger partial charge is 0.390 e. The molecule has 2 unspecified atom stereocenters. The first-order valence-electron chi connectivity index (χ1n) is 9.11. The zero-order valence-corrected chi connectivity index (χ0v) is 16.5. The van der Waals surface area contributed by atoms with Crippen molar-refractivity contribution in [3.63, 3.8) is 0 Å². The Morgan fingerprint density at radius 1 is 1.41 bits per heavy atom. The predicted molar refractivity (Wildman–Crippen MR) is 99.8 cm³/mol. The molecule has 152 valence electrons. The van der Waals surface area contributed by atoms with Crippen molar-refractivity contribution in [2.24, 2.45) is 11.7 Å². The molecule has 1 aromatic rings. The summed E-state index contributed by atoms with van der Waals surface area (Å²) in [7, 11) is -4.07. The fourth-order valence-electron chi connectivity index (χ4n) is 3.19. The molecule has 1 aliphatic rings. The van der Waals surface area contributed by atoms with Crippen LogP contribution in [0.4, 0.5) is 4.39 Å². The lowest BCUT2D eigenvalue weighted by Crippen LogP contribution is -2.51. The van der Waals surface area contributed by atoms with E-state index in [2.05, 4.69) is 5.32 Å². The first-order chi connectivity index (χ1) is 12.6. The Kier molecular flexibility index (Phi) is 7.32. The summed E-state index contributed by atoms with van der Waals surface area (Å²) in [4.78, 5) is 11.8. The number of carbonyl (C=O) groups is 1. The van der Waals surface area contributed by atoms with Crippen LogP contribution in [0.2, 0.25) is 0 Å².